The molecule has 2 heteroatoms. The molecule has 0 bridgehead atoms. The van der Waals surface area contributed by atoms with Gasteiger partial charge in [0.1, 0.15) is 5.82 Å². The molecule has 1 aromatic carbocycles. The van der Waals surface area contributed by atoms with Crippen LogP contribution in [0, 0.1) is 5.82 Å². The highest BCUT2D eigenvalue weighted by Crippen LogP contribution is 2.30. The summed E-state index contributed by atoms with van der Waals surface area (Å²) < 4.78 is 13.8. The predicted molar refractivity (Wildman–Crippen MR) is 71.3 cm³/mol. The second kappa shape index (κ2) is 6.75. The summed E-state index contributed by atoms with van der Waals surface area (Å²) in [6, 6.07) is 6.89. The van der Waals surface area contributed by atoms with Crippen LogP contribution in [-0.4, -0.2) is 0 Å². The average molecular weight is 237 g/mol. The smallest absolute Gasteiger partial charge is 0.128 e. The van der Waals surface area contributed by atoms with Crippen LogP contribution in [0.3, 0.4) is 0 Å². The molecule has 96 valence electrons. The van der Waals surface area contributed by atoms with Gasteiger partial charge in [-0.05, 0) is 18.9 Å². The summed E-state index contributed by atoms with van der Waals surface area (Å²) in [5, 5.41) is 0. The van der Waals surface area contributed by atoms with Crippen molar-refractivity contribution >= 4 is 0 Å². The van der Waals surface area contributed by atoms with E-state index in [0.717, 1.165) is 19.3 Å². The molecule has 0 radical (unpaired) electrons. The van der Waals surface area contributed by atoms with Crippen molar-refractivity contribution < 1.29 is 4.39 Å². The van der Waals surface area contributed by atoms with Crippen molar-refractivity contribution in [2.45, 2.75) is 57.9 Å². The van der Waals surface area contributed by atoms with E-state index in [9.17, 15) is 4.39 Å². The first-order valence-electron chi connectivity index (χ1n) is 6.68. The van der Waals surface area contributed by atoms with Gasteiger partial charge in [0.25, 0.3) is 0 Å². The van der Waals surface area contributed by atoms with Crippen LogP contribution in [0.5, 0.6) is 0 Å². The lowest BCUT2D eigenvalue weighted by Crippen LogP contribution is -2.36. The summed E-state index contributed by atoms with van der Waals surface area (Å²) in [4.78, 5) is 0. The van der Waals surface area contributed by atoms with Crippen molar-refractivity contribution in [3.63, 3.8) is 0 Å². The molecule has 0 spiro atoms. The van der Waals surface area contributed by atoms with E-state index in [0.29, 0.717) is 5.56 Å². The standard InChI is InChI=1S/C15H24FN/c1-3-5-6-9-12-15(17,4-2)13-10-7-8-11-14(13)16/h7-8,10-11H,3-6,9,12,17H2,1-2H3. The molecule has 0 aliphatic heterocycles. The van der Waals surface area contributed by atoms with Gasteiger partial charge in [-0.2, -0.15) is 0 Å². The van der Waals surface area contributed by atoms with Crippen molar-refractivity contribution in [3.8, 4) is 0 Å². The fraction of sp³-hybridized carbons (Fsp3) is 0.600. The maximum Gasteiger partial charge on any atom is 0.128 e. The Labute approximate surface area is 104 Å². The molecule has 0 aliphatic carbocycles. The van der Waals surface area contributed by atoms with Crippen LogP contribution in [-0.2, 0) is 5.54 Å². The lowest BCUT2D eigenvalue weighted by molar-refractivity contribution is 0.359. The van der Waals surface area contributed by atoms with Crippen LogP contribution in [0.2, 0.25) is 0 Å². The van der Waals surface area contributed by atoms with Crippen molar-refractivity contribution in [1.82, 2.24) is 0 Å². The zero-order chi connectivity index (χ0) is 12.7. The minimum Gasteiger partial charge on any atom is -0.321 e. The van der Waals surface area contributed by atoms with Gasteiger partial charge in [0.2, 0.25) is 0 Å². The minimum absolute atomic E-state index is 0.174. The highest BCUT2D eigenvalue weighted by Gasteiger charge is 2.27. The number of halogens is 1. The van der Waals surface area contributed by atoms with Crippen molar-refractivity contribution in [2.75, 3.05) is 0 Å². The van der Waals surface area contributed by atoms with Gasteiger partial charge in [0, 0.05) is 11.1 Å². The first kappa shape index (κ1) is 14.2. The molecule has 0 saturated carbocycles. The number of hydrogen-bond donors (Lipinski definition) is 1. The quantitative estimate of drug-likeness (QED) is 0.700. The summed E-state index contributed by atoms with van der Waals surface area (Å²) >= 11 is 0. The molecular weight excluding hydrogens is 213 g/mol. The summed E-state index contributed by atoms with van der Waals surface area (Å²) in [6.45, 7) is 4.22. The van der Waals surface area contributed by atoms with E-state index in [1.165, 1.54) is 25.3 Å². The van der Waals surface area contributed by atoms with Gasteiger partial charge in [0.15, 0.2) is 0 Å². The van der Waals surface area contributed by atoms with E-state index in [2.05, 4.69) is 6.92 Å². The second-order valence-corrected chi connectivity index (χ2v) is 4.80. The largest absolute Gasteiger partial charge is 0.321 e. The summed E-state index contributed by atoms with van der Waals surface area (Å²) in [6.07, 6.45) is 6.35. The SMILES string of the molecule is CCCCCCC(N)(CC)c1ccccc1F. The third-order valence-electron chi connectivity index (χ3n) is 3.52. The molecule has 1 nitrogen and oxygen atoms in total. The topological polar surface area (TPSA) is 26.0 Å². The number of rotatable bonds is 7. The third kappa shape index (κ3) is 3.81. The molecule has 1 unspecified atom stereocenters. The highest BCUT2D eigenvalue weighted by atomic mass is 19.1. The molecule has 2 N–H and O–H groups in total. The fourth-order valence-corrected chi connectivity index (χ4v) is 2.23. The Hall–Kier alpha value is -0.890. The molecule has 1 aromatic rings. The fourth-order valence-electron chi connectivity index (χ4n) is 2.23. The average Bonchev–Trinajstić information content (AvgIpc) is 2.35. The molecule has 0 fully saturated rings. The first-order valence-corrected chi connectivity index (χ1v) is 6.68. The molecular formula is C15H24FN. The van der Waals surface area contributed by atoms with Crippen molar-refractivity contribution in [3.05, 3.63) is 35.6 Å². The van der Waals surface area contributed by atoms with Crippen LogP contribution in [0.25, 0.3) is 0 Å². The Kier molecular flexibility index (Phi) is 5.63. The predicted octanol–water partition coefficient (Wildman–Crippen LogP) is 4.36. The van der Waals surface area contributed by atoms with E-state index in [1.807, 2.05) is 19.1 Å². The highest BCUT2D eigenvalue weighted by molar-refractivity contribution is 5.25. The number of hydrogen-bond acceptors (Lipinski definition) is 1. The zero-order valence-corrected chi connectivity index (χ0v) is 11.0. The van der Waals surface area contributed by atoms with Crippen LogP contribution < -0.4 is 5.73 Å². The molecule has 1 atom stereocenters. The Morgan fingerprint density at radius 2 is 1.82 bits per heavy atom. The van der Waals surface area contributed by atoms with Crippen LogP contribution in [0.4, 0.5) is 4.39 Å². The van der Waals surface area contributed by atoms with Crippen molar-refractivity contribution in [2.24, 2.45) is 5.73 Å². The molecule has 0 aliphatic rings. The number of unbranched alkanes of at least 4 members (excludes halogenated alkanes) is 3. The normalized spacial score (nSPS) is 14.6. The Bertz CT molecular complexity index is 337. The molecule has 0 aromatic heterocycles. The van der Waals surface area contributed by atoms with Gasteiger partial charge in [-0.15, -0.1) is 0 Å². The van der Waals surface area contributed by atoms with Gasteiger partial charge >= 0.3 is 0 Å². The third-order valence-corrected chi connectivity index (χ3v) is 3.52. The van der Waals surface area contributed by atoms with Gasteiger partial charge in [-0.1, -0.05) is 57.7 Å². The summed E-state index contributed by atoms with van der Waals surface area (Å²) in [7, 11) is 0. The molecule has 17 heavy (non-hydrogen) atoms. The monoisotopic (exact) mass is 237 g/mol. The van der Waals surface area contributed by atoms with Crippen LogP contribution >= 0.6 is 0 Å². The van der Waals surface area contributed by atoms with Gasteiger partial charge < -0.3 is 5.73 Å². The van der Waals surface area contributed by atoms with E-state index in [-0.39, 0.29) is 5.82 Å². The lowest BCUT2D eigenvalue weighted by atomic mass is 9.83. The lowest BCUT2D eigenvalue weighted by Gasteiger charge is -2.29. The Morgan fingerprint density at radius 1 is 1.12 bits per heavy atom. The van der Waals surface area contributed by atoms with E-state index < -0.39 is 5.54 Å². The first-order chi connectivity index (χ1) is 8.14. The number of nitrogens with two attached hydrogens (primary N) is 1. The molecule has 0 saturated heterocycles. The van der Waals surface area contributed by atoms with E-state index >= 15 is 0 Å². The van der Waals surface area contributed by atoms with E-state index in [1.54, 1.807) is 6.07 Å². The van der Waals surface area contributed by atoms with Crippen molar-refractivity contribution in [1.29, 1.82) is 0 Å². The second-order valence-electron chi connectivity index (χ2n) is 4.80. The van der Waals surface area contributed by atoms with Gasteiger partial charge in [0.05, 0.1) is 0 Å². The van der Waals surface area contributed by atoms with Gasteiger partial charge in [-0.25, -0.2) is 4.39 Å². The van der Waals surface area contributed by atoms with Gasteiger partial charge in [-0.3, -0.25) is 0 Å². The Balaban J connectivity index is 2.71. The van der Waals surface area contributed by atoms with Crippen LogP contribution in [0.15, 0.2) is 24.3 Å². The number of benzene rings is 1. The molecule has 1 rings (SSSR count). The maximum atomic E-state index is 13.8. The van der Waals surface area contributed by atoms with E-state index in [4.69, 9.17) is 5.73 Å². The summed E-state index contributed by atoms with van der Waals surface area (Å²) in [5.41, 5.74) is 6.53. The zero-order valence-electron chi connectivity index (χ0n) is 11.0. The minimum atomic E-state index is -0.501. The van der Waals surface area contributed by atoms with Crippen LogP contribution in [0.1, 0.15) is 57.9 Å². The Morgan fingerprint density at radius 3 is 2.41 bits per heavy atom. The summed E-state index contributed by atoms with van der Waals surface area (Å²) in [5.74, 6) is -0.174. The molecule has 0 heterocycles. The molecule has 0 amide bonds. The maximum absolute atomic E-state index is 13.8.